The van der Waals surface area contributed by atoms with Crippen molar-refractivity contribution in [3.05, 3.63) is 66.2 Å². The zero-order valence-corrected chi connectivity index (χ0v) is 22.4. The van der Waals surface area contributed by atoms with Gasteiger partial charge in [-0.25, -0.2) is 8.42 Å². The van der Waals surface area contributed by atoms with Gasteiger partial charge in [-0.05, 0) is 56.1 Å². The number of hydrogen-bond acceptors (Lipinski definition) is 6. The number of rotatable bonds is 10. The lowest BCUT2D eigenvalue weighted by Gasteiger charge is -2.34. The standard InChI is InChI=1S/C29H33N3O5S/c1-37-19-8-17-32-25-15-14-24(22-11-7-12-23(27(22)25)29(32)34)30-28(33)26-13-5-6-16-31(26)18-20-38(35,36)21-9-3-2-4-10-21/h2-4,7,9-12,14-15,26H,5-6,8,13,16-20H2,1H3,(H,30,33). The van der Waals surface area contributed by atoms with Gasteiger partial charge in [0.25, 0.3) is 5.91 Å². The van der Waals surface area contributed by atoms with E-state index in [1.54, 1.807) is 42.3 Å². The molecule has 1 fully saturated rings. The van der Waals surface area contributed by atoms with E-state index in [2.05, 4.69) is 5.32 Å². The Kier molecular flexibility index (Phi) is 7.78. The Hall–Kier alpha value is -3.27. The molecule has 2 amide bonds. The molecule has 3 aromatic rings. The normalized spacial score (nSPS) is 17.8. The Balaban J connectivity index is 1.34. The van der Waals surface area contributed by atoms with E-state index in [1.807, 2.05) is 35.2 Å². The number of sulfone groups is 1. The van der Waals surface area contributed by atoms with E-state index in [0.29, 0.717) is 48.8 Å². The van der Waals surface area contributed by atoms with Crippen molar-refractivity contribution in [2.24, 2.45) is 0 Å². The summed E-state index contributed by atoms with van der Waals surface area (Å²) < 4.78 is 30.8. The van der Waals surface area contributed by atoms with E-state index < -0.39 is 15.9 Å². The van der Waals surface area contributed by atoms with E-state index in [4.69, 9.17) is 4.74 Å². The molecule has 0 bridgehead atoms. The average Bonchev–Trinajstić information content (AvgIpc) is 3.21. The van der Waals surface area contributed by atoms with Gasteiger partial charge >= 0.3 is 0 Å². The number of ether oxygens (including phenoxy) is 1. The predicted molar refractivity (Wildman–Crippen MR) is 148 cm³/mol. The number of benzene rings is 3. The monoisotopic (exact) mass is 535 g/mol. The second-order valence-electron chi connectivity index (χ2n) is 9.83. The van der Waals surface area contributed by atoms with Crippen LogP contribution < -0.4 is 10.2 Å². The lowest BCUT2D eigenvalue weighted by Crippen LogP contribution is -2.48. The number of likely N-dealkylation sites (tertiary alicyclic amines) is 1. The third-order valence-electron chi connectivity index (χ3n) is 7.44. The van der Waals surface area contributed by atoms with Gasteiger partial charge in [0.2, 0.25) is 5.91 Å². The topological polar surface area (TPSA) is 96.0 Å². The smallest absolute Gasteiger partial charge is 0.258 e. The number of carbonyl (C=O) groups is 2. The molecule has 8 nitrogen and oxygen atoms in total. The molecule has 1 N–H and O–H groups in total. The first-order valence-corrected chi connectivity index (χ1v) is 14.7. The first-order chi connectivity index (χ1) is 18.4. The van der Waals surface area contributed by atoms with Crippen LogP contribution in [-0.2, 0) is 19.4 Å². The maximum Gasteiger partial charge on any atom is 0.258 e. The third kappa shape index (κ3) is 5.18. The van der Waals surface area contributed by atoms with Gasteiger partial charge in [-0.3, -0.25) is 14.5 Å². The zero-order valence-electron chi connectivity index (χ0n) is 21.6. The van der Waals surface area contributed by atoms with E-state index in [0.717, 1.165) is 35.7 Å². The molecule has 38 heavy (non-hydrogen) atoms. The molecule has 2 aliphatic heterocycles. The van der Waals surface area contributed by atoms with Crippen LogP contribution in [0.15, 0.2) is 65.6 Å². The summed E-state index contributed by atoms with van der Waals surface area (Å²) in [6, 6.07) is 17.4. The lowest BCUT2D eigenvalue weighted by molar-refractivity contribution is -0.122. The van der Waals surface area contributed by atoms with Crippen LogP contribution in [0, 0.1) is 0 Å². The van der Waals surface area contributed by atoms with Crippen LogP contribution in [0.3, 0.4) is 0 Å². The minimum atomic E-state index is -3.44. The van der Waals surface area contributed by atoms with Gasteiger partial charge in [-0.1, -0.05) is 36.8 Å². The van der Waals surface area contributed by atoms with Crippen molar-refractivity contribution in [3.63, 3.8) is 0 Å². The fourth-order valence-electron chi connectivity index (χ4n) is 5.50. The predicted octanol–water partition coefficient (Wildman–Crippen LogP) is 4.10. The summed E-state index contributed by atoms with van der Waals surface area (Å²) in [6.45, 7) is 2.11. The third-order valence-corrected chi connectivity index (χ3v) is 9.15. The molecule has 2 aliphatic rings. The van der Waals surface area contributed by atoms with Gasteiger partial charge in [0, 0.05) is 48.8 Å². The highest BCUT2D eigenvalue weighted by Crippen LogP contribution is 2.40. The number of nitrogens with zero attached hydrogens (tertiary/aromatic N) is 2. The van der Waals surface area contributed by atoms with Gasteiger partial charge in [0.1, 0.15) is 0 Å². The molecule has 9 heteroatoms. The number of methoxy groups -OCH3 is 1. The molecule has 3 aromatic carbocycles. The summed E-state index contributed by atoms with van der Waals surface area (Å²) >= 11 is 0. The second kappa shape index (κ2) is 11.2. The summed E-state index contributed by atoms with van der Waals surface area (Å²) in [4.78, 5) is 30.7. The SMILES string of the molecule is COCCCN1C(=O)c2cccc3c(NC(=O)C4CCCCN4CCS(=O)(=O)c4ccccc4)ccc1c23. The molecule has 1 atom stereocenters. The Labute approximate surface area is 223 Å². The molecule has 0 radical (unpaired) electrons. The minimum Gasteiger partial charge on any atom is -0.385 e. The van der Waals surface area contributed by atoms with Crippen LogP contribution in [0.1, 0.15) is 36.0 Å². The highest BCUT2D eigenvalue weighted by Gasteiger charge is 2.32. The zero-order chi connectivity index (χ0) is 26.7. The summed E-state index contributed by atoms with van der Waals surface area (Å²) in [5.74, 6) is -0.227. The summed E-state index contributed by atoms with van der Waals surface area (Å²) in [7, 11) is -1.79. The van der Waals surface area contributed by atoms with Gasteiger partial charge in [-0.15, -0.1) is 0 Å². The van der Waals surface area contributed by atoms with Crippen LogP contribution >= 0.6 is 0 Å². The van der Waals surface area contributed by atoms with Gasteiger partial charge in [-0.2, -0.15) is 0 Å². The highest BCUT2D eigenvalue weighted by atomic mass is 32.2. The molecule has 1 saturated heterocycles. The van der Waals surface area contributed by atoms with Crippen molar-refractivity contribution in [1.82, 2.24) is 4.90 Å². The van der Waals surface area contributed by atoms with Crippen molar-refractivity contribution < 1.29 is 22.7 Å². The van der Waals surface area contributed by atoms with E-state index in [9.17, 15) is 18.0 Å². The van der Waals surface area contributed by atoms with Gasteiger partial charge in [0.15, 0.2) is 9.84 Å². The molecule has 2 heterocycles. The number of carbonyl (C=O) groups excluding carboxylic acids is 2. The van der Waals surface area contributed by atoms with Crippen molar-refractivity contribution in [1.29, 1.82) is 0 Å². The van der Waals surface area contributed by atoms with Crippen molar-refractivity contribution in [2.45, 2.75) is 36.6 Å². The maximum atomic E-state index is 13.5. The molecular formula is C29H33N3O5S. The van der Waals surface area contributed by atoms with Crippen LogP contribution in [-0.4, -0.2) is 70.3 Å². The van der Waals surface area contributed by atoms with Gasteiger partial charge < -0.3 is 15.0 Å². The lowest BCUT2D eigenvalue weighted by atomic mass is 10.0. The Morgan fingerprint density at radius 1 is 1.03 bits per heavy atom. The summed E-state index contributed by atoms with van der Waals surface area (Å²) in [6.07, 6.45) is 3.24. The molecule has 0 spiro atoms. The molecule has 5 rings (SSSR count). The Morgan fingerprint density at radius 2 is 1.84 bits per heavy atom. The van der Waals surface area contributed by atoms with E-state index in [-0.39, 0.29) is 17.6 Å². The van der Waals surface area contributed by atoms with Crippen molar-refractivity contribution in [2.75, 3.05) is 49.3 Å². The molecule has 0 aliphatic carbocycles. The van der Waals surface area contributed by atoms with Crippen LogP contribution in [0.2, 0.25) is 0 Å². The number of anilines is 2. The molecule has 0 saturated carbocycles. The van der Waals surface area contributed by atoms with Crippen molar-refractivity contribution in [3.8, 4) is 0 Å². The first kappa shape index (κ1) is 26.3. The number of amides is 2. The van der Waals surface area contributed by atoms with Crippen LogP contribution in [0.25, 0.3) is 10.8 Å². The summed E-state index contributed by atoms with van der Waals surface area (Å²) in [5, 5.41) is 4.77. The first-order valence-electron chi connectivity index (χ1n) is 13.1. The maximum absolute atomic E-state index is 13.5. The molecule has 200 valence electrons. The quantitative estimate of drug-likeness (QED) is 0.393. The van der Waals surface area contributed by atoms with E-state index in [1.165, 1.54) is 0 Å². The van der Waals surface area contributed by atoms with Crippen molar-refractivity contribution >= 4 is 43.8 Å². The largest absolute Gasteiger partial charge is 0.385 e. The minimum absolute atomic E-state index is 0.0386. The molecular weight excluding hydrogens is 502 g/mol. The molecule has 1 unspecified atom stereocenters. The highest BCUT2D eigenvalue weighted by molar-refractivity contribution is 7.91. The summed E-state index contributed by atoms with van der Waals surface area (Å²) in [5.41, 5.74) is 2.14. The Bertz CT molecular complexity index is 1440. The number of piperidine rings is 1. The van der Waals surface area contributed by atoms with Crippen LogP contribution in [0.4, 0.5) is 11.4 Å². The van der Waals surface area contributed by atoms with Gasteiger partial charge in [0.05, 0.1) is 22.4 Å². The number of hydrogen-bond donors (Lipinski definition) is 1. The fourth-order valence-corrected chi connectivity index (χ4v) is 6.78. The average molecular weight is 536 g/mol. The van der Waals surface area contributed by atoms with E-state index >= 15 is 0 Å². The van der Waals surface area contributed by atoms with Crippen LogP contribution in [0.5, 0.6) is 0 Å². The fraction of sp³-hybridized carbons (Fsp3) is 0.379. The molecule has 0 aromatic heterocycles. The Morgan fingerprint density at radius 3 is 2.63 bits per heavy atom. The second-order valence-corrected chi connectivity index (χ2v) is 11.9. The number of nitrogens with one attached hydrogen (secondary N) is 1.